The number of alkyl halides is 1. The van der Waals surface area contributed by atoms with E-state index in [4.69, 9.17) is 71.6 Å². The van der Waals surface area contributed by atoms with E-state index in [1.54, 1.807) is 53.4 Å². The molecular weight excluding hydrogens is 1190 g/mol. The number of hydrogen-bond donors (Lipinski definition) is 3. The second kappa shape index (κ2) is 25.2. The summed E-state index contributed by atoms with van der Waals surface area (Å²) in [5.74, 6) is -5.78. The Hall–Kier alpha value is -3.05. The first-order valence-corrected chi connectivity index (χ1v) is 29.2. The van der Waals surface area contributed by atoms with Gasteiger partial charge in [-0.15, -0.1) is 11.8 Å². The predicted octanol–water partition coefficient (Wildman–Crippen LogP) is 6.98. The molecule has 0 aromatic carbocycles. The Labute approximate surface area is 484 Å². The molecule has 7 rings (SSSR count). The molecule has 4 aliphatic heterocycles. The molecule has 78 heavy (non-hydrogen) atoms. The highest BCUT2D eigenvalue weighted by Crippen LogP contribution is 2.50. The Balaban J connectivity index is 1.25. The van der Waals surface area contributed by atoms with Gasteiger partial charge < -0.3 is 63.4 Å². The summed E-state index contributed by atoms with van der Waals surface area (Å²) < 4.78 is 59.0. The Kier molecular flexibility index (Phi) is 20.2. The van der Waals surface area contributed by atoms with Crippen molar-refractivity contribution in [3.05, 3.63) is 40.5 Å². The van der Waals surface area contributed by atoms with Crippen LogP contribution in [0, 0.1) is 29.6 Å². The fourth-order valence-corrected chi connectivity index (χ4v) is 14.7. The van der Waals surface area contributed by atoms with Gasteiger partial charge in [-0.1, -0.05) is 44.0 Å². The number of hydrogen-bond acceptors (Lipinski definition) is 20. The molecule has 7 heterocycles. The smallest absolute Gasteiger partial charge is 0.320 e. The number of fused-ring (bicyclic) bond motifs is 2. The van der Waals surface area contributed by atoms with Gasteiger partial charge in [-0.3, -0.25) is 29.1 Å². The largest absolute Gasteiger partial charge is 0.453 e. The minimum absolute atomic E-state index is 0.0937. The van der Waals surface area contributed by atoms with Crippen LogP contribution in [0.5, 0.6) is 0 Å². The third-order valence-corrected chi connectivity index (χ3v) is 19.8. The summed E-state index contributed by atoms with van der Waals surface area (Å²) in [7, 11) is 8.59. The number of aromatic nitrogens is 4. The second-order valence-electron chi connectivity index (χ2n) is 22.1. The van der Waals surface area contributed by atoms with Crippen LogP contribution >= 0.6 is 57.6 Å². The molecule has 4 saturated heterocycles. The number of Topliss-reactive ketones (excluding diaryl/α,β-unsaturated/α-hetero) is 1. The molecule has 0 unspecified atom stereocenters. The number of methoxy groups -OCH3 is 3. The third kappa shape index (κ3) is 12.5. The third-order valence-electron chi connectivity index (χ3n) is 16.5. The van der Waals surface area contributed by atoms with E-state index in [9.17, 15) is 14.7 Å². The lowest BCUT2D eigenvalue weighted by atomic mass is 9.72. The molecule has 0 aliphatic carbocycles. The number of carbonyl (C=O) groups excluding carboxylic acids is 4. The van der Waals surface area contributed by atoms with E-state index in [2.05, 4.69) is 20.3 Å². The first-order valence-electron chi connectivity index (χ1n) is 26.2. The van der Waals surface area contributed by atoms with Crippen LogP contribution in [-0.2, 0) is 63.6 Å². The number of likely N-dealkylation sites (N-methyl/N-ethyl adjacent to an activating group) is 1. The van der Waals surface area contributed by atoms with Crippen LogP contribution in [0.3, 0.4) is 0 Å². The average Bonchev–Trinajstić information content (AvgIpc) is 4.05. The molecule has 3 aromatic rings. The average molecular weight is 1270 g/mol. The van der Waals surface area contributed by atoms with Gasteiger partial charge in [0.25, 0.3) is 5.91 Å². The van der Waals surface area contributed by atoms with Gasteiger partial charge in [-0.05, 0) is 84.6 Å². The van der Waals surface area contributed by atoms with E-state index in [0.29, 0.717) is 11.9 Å². The van der Waals surface area contributed by atoms with Gasteiger partial charge in [0, 0.05) is 88.7 Å². The zero-order valence-electron chi connectivity index (χ0n) is 46.7. The highest BCUT2D eigenvalue weighted by atomic mass is 127. The zero-order chi connectivity index (χ0) is 57.5. The molecule has 1 amide bonds. The van der Waals surface area contributed by atoms with Crippen LogP contribution in [0.15, 0.2) is 24.9 Å². The van der Waals surface area contributed by atoms with Gasteiger partial charge in [0.2, 0.25) is 0 Å². The van der Waals surface area contributed by atoms with Crippen LogP contribution in [-0.4, -0.2) is 176 Å². The maximum absolute atomic E-state index is 15.3. The Bertz CT molecular complexity index is 2640. The maximum atomic E-state index is 15.3. The molecule has 21 nitrogen and oxygen atoms in total. The Morgan fingerprint density at radius 2 is 1.62 bits per heavy atom. The van der Waals surface area contributed by atoms with Crippen LogP contribution in [0.2, 0.25) is 10.0 Å². The van der Waals surface area contributed by atoms with Crippen LogP contribution in [0.4, 0.5) is 11.5 Å². The highest BCUT2D eigenvalue weighted by molar-refractivity contribution is 14.1. The number of imidazole rings is 1. The summed E-state index contributed by atoms with van der Waals surface area (Å²) in [6.07, 6.45) is 0.369. The van der Waals surface area contributed by atoms with Crippen molar-refractivity contribution in [1.29, 1.82) is 0 Å². The van der Waals surface area contributed by atoms with Crippen molar-refractivity contribution in [2.24, 2.45) is 29.6 Å². The molecule has 4 fully saturated rings. The van der Waals surface area contributed by atoms with Crippen molar-refractivity contribution in [2.45, 2.75) is 170 Å². The quantitative estimate of drug-likeness (QED) is 0.0836. The minimum atomic E-state index is -1.52. The number of aliphatic hydroxyl groups is 1. The van der Waals surface area contributed by atoms with E-state index in [-0.39, 0.29) is 81.8 Å². The van der Waals surface area contributed by atoms with E-state index in [1.165, 1.54) is 43.8 Å². The normalized spacial score (nSPS) is 38.2. The summed E-state index contributed by atoms with van der Waals surface area (Å²) in [5, 5.41) is 13.3. The van der Waals surface area contributed by atoms with Crippen molar-refractivity contribution in [3.63, 3.8) is 0 Å². The molecule has 0 saturated carbocycles. The summed E-state index contributed by atoms with van der Waals surface area (Å²) in [6, 6.07) is -0.382. The van der Waals surface area contributed by atoms with Gasteiger partial charge in [0.05, 0.1) is 86.8 Å². The molecule has 3 aromatic heterocycles. The standard InChI is InChI=1S/C53H76Cl2IN7O14S/c1-24-18-52(8,71-14)44(75-49-39(62(10)11)33(69-12)17-25(2)72-49)27(4)41(74-34-19-51(7,70-13)43(65)29(6)73-34)28(5)47(67)76-50(56)53(9)35(26(3)40(24)64)42(48(68)77-53)78-16-15-63-23-60-37-38(63)30(20-59-45(37)57)46(66)61-36-31(54)21-58-22-32(36)55/h20-29,33-35,39,41-44,49-50,65H,15-19H2,1-14H3,(H2,57,59)(H,58,61,66)/t24-,25-,26-,27+,28-,29+,33-,34+,35+,39+,41+,42+,43+,44-,49+,50+,51-,52-,53+/m1/s1. The number of aliphatic hydroxyl groups excluding tert-OH is 1. The lowest BCUT2D eigenvalue weighted by molar-refractivity contribution is -0.316. The molecule has 0 spiro atoms. The van der Waals surface area contributed by atoms with Crippen molar-refractivity contribution in [1.82, 2.24) is 24.4 Å². The fourth-order valence-electron chi connectivity index (χ4n) is 12.0. The van der Waals surface area contributed by atoms with Gasteiger partial charge in [-0.25, -0.2) is 9.97 Å². The summed E-state index contributed by atoms with van der Waals surface area (Å²) >= 11 is 15.9. The number of rotatable bonds is 14. The second-order valence-corrected chi connectivity index (χ2v) is 25.3. The first kappa shape index (κ1) is 62.5. The van der Waals surface area contributed by atoms with Gasteiger partial charge in [0.1, 0.15) is 22.7 Å². The van der Waals surface area contributed by atoms with Crippen LogP contribution in [0.25, 0.3) is 11.0 Å². The number of amides is 1. The number of nitrogens with two attached hydrogens (primary N) is 1. The number of nitrogen functional groups attached to an aromatic ring is 1. The SMILES string of the molecule is CO[C@@H]1C[C@@H](C)O[C@@H](O[C@@H]2[C@@H](C)[C@H](O[C@H]3C[C@@](C)(OC)[C@@H](O)[C@H](C)O3)[C@@H](C)C(=O)O[C@H](I)[C@@]3(C)OC(=O)[C@@H](SCCn4cnc5c(N)ncc(C(=O)Nc6c(Cl)cncc6Cl)c54)[C@@H]3[C@@H](C)C(=O)[C@H](C)C[C@@]2(C)OC)[C@H]1N(C)C. The number of esters is 2. The number of halogens is 3. The number of ether oxygens (including phenoxy) is 9. The van der Waals surface area contributed by atoms with E-state index >= 15 is 9.59 Å². The lowest BCUT2D eigenvalue weighted by Crippen LogP contribution is -2.62. The van der Waals surface area contributed by atoms with Crippen molar-refractivity contribution >= 4 is 104 Å². The minimum Gasteiger partial charge on any atom is -0.453 e. The van der Waals surface area contributed by atoms with Gasteiger partial charge >= 0.3 is 11.9 Å². The highest BCUT2D eigenvalue weighted by Gasteiger charge is 2.62. The van der Waals surface area contributed by atoms with Gasteiger partial charge in [0.15, 0.2) is 28.1 Å². The Morgan fingerprint density at radius 1 is 0.949 bits per heavy atom. The van der Waals surface area contributed by atoms with Crippen LogP contribution < -0.4 is 11.1 Å². The van der Waals surface area contributed by atoms with E-state index in [0.717, 1.165) is 0 Å². The number of cyclic esters (lactones) is 1. The summed E-state index contributed by atoms with van der Waals surface area (Å²) in [5.41, 5.74) is 3.35. The van der Waals surface area contributed by atoms with Gasteiger partial charge in [-0.2, -0.15) is 0 Å². The number of nitrogens with zero attached hydrogens (tertiary/aromatic N) is 5. The molecule has 25 heteroatoms. The molecule has 4 N–H and O–H groups in total. The molecular formula is C53H76Cl2IN7O14S. The molecule has 4 aliphatic rings. The van der Waals surface area contributed by atoms with E-state index < -0.39 is 111 Å². The van der Waals surface area contributed by atoms with Crippen LogP contribution in [0.1, 0.15) is 91.9 Å². The molecule has 0 radical (unpaired) electrons. The van der Waals surface area contributed by atoms with E-state index in [1.807, 2.05) is 69.3 Å². The number of carbonyl (C=O) groups is 4. The number of ketones is 1. The number of anilines is 2. The monoisotopic (exact) mass is 1260 g/mol. The van der Waals surface area contributed by atoms with Crippen molar-refractivity contribution in [3.8, 4) is 0 Å². The van der Waals surface area contributed by atoms with Crippen molar-refractivity contribution < 1.29 is 66.9 Å². The molecule has 434 valence electrons. The summed E-state index contributed by atoms with van der Waals surface area (Å²) in [4.78, 5) is 73.3. The number of thioether (sulfide) groups is 1. The predicted molar refractivity (Wildman–Crippen MR) is 301 cm³/mol. The summed E-state index contributed by atoms with van der Waals surface area (Å²) in [6.45, 7) is 16.5. The number of aryl methyl sites for hydroxylation is 1. The number of pyridine rings is 2. The zero-order valence-corrected chi connectivity index (χ0v) is 51.2. The fraction of sp³-hybridized carbons (Fsp3) is 0.717. The molecule has 0 bridgehead atoms. The first-order chi connectivity index (χ1) is 36.6. The number of nitrogens with one attached hydrogen (secondary N) is 1. The molecule has 19 atom stereocenters. The maximum Gasteiger partial charge on any atom is 0.320 e. The Morgan fingerprint density at radius 3 is 2.24 bits per heavy atom. The lowest BCUT2D eigenvalue weighted by Gasteiger charge is -2.50. The topological polar surface area (TPSA) is 256 Å². The van der Waals surface area contributed by atoms with Crippen molar-refractivity contribution in [2.75, 3.05) is 52.2 Å².